The summed E-state index contributed by atoms with van der Waals surface area (Å²) in [5.74, 6) is 0.00602. The lowest BCUT2D eigenvalue weighted by Gasteiger charge is -2.38. The summed E-state index contributed by atoms with van der Waals surface area (Å²) < 4.78 is 5.60. The van der Waals surface area contributed by atoms with E-state index in [-0.39, 0.29) is 23.3 Å². The van der Waals surface area contributed by atoms with Gasteiger partial charge in [0.25, 0.3) is 0 Å². The van der Waals surface area contributed by atoms with Crippen LogP contribution in [0.5, 0.6) is 0 Å². The molecule has 0 aromatic heterocycles. The quantitative estimate of drug-likeness (QED) is 0.786. The summed E-state index contributed by atoms with van der Waals surface area (Å²) in [6.45, 7) is 11.5. The summed E-state index contributed by atoms with van der Waals surface area (Å²) in [6.07, 6.45) is 5.04. The molecule has 1 aliphatic carbocycles. The third-order valence-electron chi connectivity index (χ3n) is 5.22. The molecule has 4 atom stereocenters. The summed E-state index contributed by atoms with van der Waals surface area (Å²) in [5.41, 5.74) is 5.36. The number of ether oxygens (including phenoxy) is 1. The number of hydrogen-bond acceptors (Lipinski definition) is 4. The lowest BCUT2D eigenvalue weighted by atomic mass is 9.83. The van der Waals surface area contributed by atoms with E-state index in [0.29, 0.717) is 12.3 Å². The van der Waals surface area contributed by atoms with Gasteiger partial charge >= 0.3 is 5.97 Å². The average Bonchev–Trinajstić information content (AvgIpc) is 2.82. The molecule has 2 N–H and O–H groups in total. The van der Waals surface area contributed by atoms with Crippen molar-refractivity contribution in [2.24, 2.45) is 17.1 Å². The molecule has 0 aromatic carbocycles. The Morgan fingerprint density at radius 3 is 2.21 bits per heavy atom. The van der Waals surface area contributed by atoms with Crippen LogP contribution < -0.4 is 5.73 Å². The van der Waals surface area contributed by atoms with Crippen molar-refractivity contribution >= 4 is 11.9 Å². The minimum atomic E-state index is -0.608. The van der Waals surface area contributed by atoms with Crippen molar-refractivity contribution in [2.75, 3.05) is 0 Å². The Bertz CT molecular complexity index is 490. The smallest absolute Gasteiger partial charge is 0.329 e. The van der Waals surface area contributed by atoms with Gasteiger partial charge in [-0.3, -0.25) is 4.79 Å². The highest BCUT2D eigenvalue weighted by atomic mass is 16.6. The van der Waals surface area contributed by atoms with Crippen LogP contribution in [0.4, 0.5) is 0 Å². The number of carbonyl (C=O) groups excluding carboxylic acids is 2. The maximum absolute atomic E-state index is 13.1. The second-order valence-corrected chi connectivity index (χ2v) is 9.49. The number of likely N-dealkylation sites (tertiary alicyclic amines) is 1. The zero-order chi connectivity index (χ0) is 18.3. The Balaban J connectivity index is 2.27. The number of carbonyl (C=O) groups is 2. The SMILES string of the molecule is CC(C)(C)OC(=O)C1CC2CCCCC2N1C(=O)C(N)C(C)(C)C. The van der Waals surface area contributed by atoms with E-state index in [4.69, 9.17) is 10.5 Å². The van der Waals surface area contributed by atoms with Crippen LogP contribution in [0.2, 0.25) is 0 Å². The Labute approximate surface area is 146 Å². The van der Waals surface area contributed by atoms with E-state index in [0.717, 1.165) is 19.3 Å². The number of rotatable bonds is 2. The Morgan fingerprint density at radius 1 is 1.08 bits per heavy atom. The second-order valence-electron chi connectivity index (χ2n) is 9.49. The van der Waals surface area contributed by atoms with Gasteiger partial charge in [-0.1, -0.05) is 33.6 Å². The fraction of sp³-hybridized carbons (Fsp3) is 0.895. The molecule has 0 radical (unpaired) electrons. The fourth-order valence-electron chi connectivity index (χ4n) is 3.89. The second kappa shape index (κ2) is 6.66. The third-order valence-corrected chi connectivity index (χ3v) is 5.22. The molecule has 1 aliphatic heterocycles. The number of nitrogens with zero attached hydrogens (tertiary/aromatic N) is 1. The molecule has 1 amide bonds. The van der Waals surface area contributed by atoms with E-state index in [9.17, 15) is 9.59 Å². The van der Waals surface area contributed by atoms with Gasteiger partial charge in [0.15, 0.2) is 0 Å². The molecule has 0 aromatic rings. The highest BCUT2D eigenvalue weighted by Gasteiger charge is 2.50. The summed E-state index contributed by atoms with van der Waals surface area (Å²) in [5, 5.41) is 0. The van der Waals surface area contributed by atoms with E-state index >= 15 is 0 Å². The molecule has 0 bridgehead atoms. The Kier molecular flexibility index (Phi) is 5.34. The molecule has 138 valence electrons. The topological polar surface area (TPSA) is 72.6 Å². The summed E-state index contributed by atoms with van der Waals surface area (Å²) >= 11 is 0. The molecule has 1 saturated heterocycles. The normalized spacial score (nSPS) is 29.1. The van der Waals surface area contributed by atoms with E-state index in [1.165, 1.54) is 6.42 Å². The van der Waals surface area contributed by atoms with Crippen LogP contribution in [-0.2, 0) is 14.3 Å². The van der Waals surface area contributed by atoms with Gasteiger partial charge in [-0.05, 0) is 51.4 Å². The average molecular weight is 338 g/mol. The molecule has 0 spiro atoms. The van der Waals surface area contributed by atoms with Crippen LogP contribution in [0.3, 0.4) is 0 Å². The molecule has 1 saturated carbocycles. The third kappa shape index (κ3) is 4.11. The first kappa shape index (κ1) is 19.2. The van der Waals surface area contributed by atoms with Gasteiger partial charge in [0, 0.05) is 6.04 Å². The first-order chi connectivity index (χ1) is 10.9. The van der Waals surface area contributed by atoms with Crippen LogP contribution in [-0.4, -0.2) is 40.5 Å². The summed E-state index contributed by atoms with van der Waals surface area (Å²) in [7, 11) is 0. The number of amides is 1. The van der Waals surface area contributed by atoms with Crippen LogP contribution in [0.1, 0.15) is 73.6 Å². The lowest BCUT2D eigenvalue weighted by Crippen LogP contribution is -2.56. The zero-order valence-corrected chi connectivity index (χ0v) is 16.1. The minimum absolute atomic E-state index is 0.104. The van der Waals surface area contributed by atoms with Crippen molar-refractivity contribution < 1.29 is 14.3 Å². The van der Waals surface area contributed by atoms with Crippen molar-refractivity contribution in [3.8, 4) is 0 Å². The molecule has 1 heterocycles. The fourth-order valence-corrected chi connectivity index (χ4v) is 3.89. The van der Waals surface area contributed by atoms with Crippen LogP contribution in [0.25, 0.3) is 0 Å². The first-order valence-corrected chi connectivity index (χ1v) is 9.22. The largest absolute Gasteiger partial charge is 0.458 e. The summed E-state index contributed by atoms with van der Waals surface area (Å²) in [6, 6.07) is -0.960. The molecule has 5 heteroatoms. The highest BCUT2D eigenvalue weighted by Crippen LogP contribution is 2.41. The van der Waals surface area contributed by atoms with Crippen molar-refractivity contribution in [3.63, 3.8) is 0 Å². The van der Waals surface area contributed by atoms with Crippen molar-refractivity contribution in [1.82, 2.24) is 4.90 Å². The minimum Gasteiger partial charge on any atom is -0.458 e. The van der Waals surface area contributed by atoms with Crippen molar-refractivity contribution in [2.45, 2.75) is 97.4 Å². The molecule has 2 fully saturated rings. The van der Waals surface area contributed by atoms with E-state index in [2.05, 4.69) is 0 Å². The lowest BCUT2D eigenvalue weighted by molar-refractivity contribution is -0.165. The van der Waals surface area contributed by atoms with Gasteiger partial charge < -0.3 is 15.4 Å². The molecular weight excluding hydrogens is 304 g/mol. The van der Waals surface area contributed by atoms with E-state index in [1.54, 1.807) is 4.90 Å². The van der Waals surface area contributed by atoms with Gasteiger partial charge in [-0.25, -0.2) is 4.79 Å². The molecule has 4 unspecified atom stereocenters. The highest BCUT2D eigenvalue weighted by molar-refractivity contribution is 5.89. The maximum atomic E-state index is 13.1. The Morgan fingerprint density at radius 2 is 1.67 bits per heavy atom. The number of esters is 1. The summed E-state index contributed by atoms with van der Waals surface area (Å²) in [4.78, 5) is 27.6. The Hall–Kier alpha value is -1.10. The zero-order valence-electron chi connectivity index (χ0n) is 16.1. The van der Waals surface area contributed by atoms with Gasteiger partial charge in [0.1, 0.15) is 11.6 Å². The van der Waals surface area contributed by atoms with Crippen molar-refractivity contribution in [3.05, 3.63) is 0 Å². The van der Waals surface area contributed by atoms with E-state index in [1.807, 2.05) is 41.5 Å². The predicted molar refractivity (Wildman–Crippen MR) is 94.3 cm³/mol. The van der Waals surface area contributed by atoms with Gasteiger partial charge in [0.2, 0.25) is 5.91 Å². The van der Waals surface area contributed by atoms with Crippen LogP contribution in [0.15, 0.2) is 0 Å². The van der Waals surface area contributed by atoms with Gasteiger partial charge in [-0.15, -0.1) is 0 Å². The number of fused-ring (bicyclic) bond motifs is 1. The van der Waals surface area contributed by atoms with Gasteiger partial charge in [0.05, 0.1) is 6.04 Å². The predicted octanol–water partition coefficient (Wildman–Crippen LogP) is 2.86. The number of hydrogen-bond donors (Lipinski definition) is 1. The molecule has 24 heavy (non-hydrogen) atoms. The molecule has 5 nitrogen and oxygen atoms in total. The van der Waals surface area contributed by atoms with E-state index < -0.39 is 17.7 Å². The van der Waals surface area contributed by atoms with Gasteiger partial charge in [-0.2, -0.15) is 0 Å². The van der Waals surface area contributed by atoms with Crippen LogP contribution in [0, 0.1) is 11.3 Å². The number of nitrogens with two attached hydrogens (primary N) is 1. The first-order valence-electron chi connectivity index (χ1n) is 9.22. The monoisotopic (exact) mass is 338 g/mol. The maximum Gasteiger partial charge on any atom is 0.329 e. The van der Waals surface area contributed by atoms with Crippen LogP contribution >= 0.6 is 0 Å². The standard InChI is InChI=1S/C19H34N2O3/c1-18(2,3)15(20)16(22)21-13-10-8-7-9-12(13)11-14(21)17(23)24-19(4,5)6/h12-15H,7-11,20H2,1-6H3. The molecule has 2 rings (SSSR count). The van der Waals surface area contributed by atoms with Crippen molar-refractivity contribution in [1.29, 1.82) is 0 Å². The molecular formula is C19H34N2O3. The molecule has 2 aliphatic rings.